The molecule has 92 valence electrons. The number of ether oxygens (including phenoxy) is 1. The van der Waals surface area contributed by atoms with Crippen LogP contribution < -0.4 is 5.73 Å². The molecule has 2 fully saturated rings. The van der Waals surface area contributed by atoms with Gasteiger partial charge in [0.25, 0.3) is 0 Å². The second-order valence-electron chi connectivity index (χ2n) is 5.16. The number of carbonyl (C=O) groups is 1. The fraction of sp³-hybridized carbons (Fsp3) is 0.917. The van der Waals surface area contributed by atoms with Crippen LogP contribution >= 0.6 is 0 Å². The molecule has 0 aromatic rings. The van der Waals surface area contributed by atoms with Crippen LogP contribution in [0.15, 0.2) is 0 Å². The van der Waals surface area contributed by atoms with Crippen LogP contribution in [0.5, 0.6) is 0 Å². The maximum Gasteiger partial charge on any atom is 0.242 e. The van der Waals surface area contributed by atoms with Crippen LogP contribution in [0, 0.1) is 0 Å². The van der Waals surface area contributed by atoms with Crippen molar-refractivity contribution in [2.75, 3.05) is 20.2 Å². The molecule has 0 radical (unpaired) electrons. The van der Waals surface area contributed by atoms with Gasteiger partial charge in [0.1, 0.15) is 0 Å². The molecule has 1 saturated carbocycles. The molecule has 0 unspecified atom stereocenters. The summed E-state index contributed by atoms with van der Waals surface area (Å²) < 4.78 is 5.55. The zero-order valence-electron chi connectivity index (χ0n) is 10.1. The van der Waals surface area contributed by atoms with E-state index in [1.54, 1.807) is 4.90 Å². The first-order valence-electron chi connectivity index (χ1n) is 6.28. The highest BCUT2D eigenvalue weighted by atomic mass is 16.5. The summed E-state index contributed by atoms with van der Waals surface area (Å²) in [6, 6.07) is 0. The molecule has 1 aliphatic heterocycles. The van der Waals surface area contributed by atoms with E-state index in [9.17, 15) is 4.79 Å². The molecular weight excluding hydrogens is 204 g/mol. The largest absolute Gasteiger partial charge is 0.378 e. The first-order valence-corrected chi connectivity index (χ1v) is 6.28. The van der Waals surface area contributed by atoms with E-state index in [1.165, 1.54) is 12.8 Å². The lowest BCUT2D eigenvalue weighted by molar-refractivity contribution is -0.132. The molecule has 1 heterocycles. The predicted octanol–water partition coefficient (Wildman–Crippen LogP) is 0.895. The third kappa shape index (κ3) is 2.74. The smallest absolute Gasteiger partial charge is 0.242 e. The van der Waals surface area contributed by atoms with Gasteiger partial charge in [-0.3, -0.25) is 4.79 Å². The second-order valence-corrected chi connectivity index (χ2v) is 5.16. The number of carbonyl (C=O) groups excluding carboxylic acids is 1. The topological polar surface area (TPSA) is 55.6 Å². The number of nitrogens with two attached hydrogens (primary N) is 1. The average Bonchev–Trinajstić information content (AvgIpc) is 2.81. The summed E-state index contributed by atoms with van der Waals surface area (Å²) in [5, 5.41) is 0. The van der Waals surface area contributed by atoms with Gasteiger partial charge in [-0.15, -0.1) is 0 Å². The van der Waals surface area contributed by atoms with Gasteiger partial charge < -0.3 is 15.4 Å². The maximum atomic E-state index is 11.8. The van der Waals surface area contributed by atoms with Gasteiger partial charge in [0, 0.05) is 20.2 Å². The third-order valence-electron chi connectivity index (χ3n) is 3.60. The van der Waals surface area contributed by atoms with E-state index in [4.69, 9.17) is 10.5 Å². The van der Waals surface area contributed by atoms with Crippen LogP contribution in [0.1, 0.15) is 38.5 Å². The van der Waals surface area contributed by atoms with Crippen LogP contribution in [0.2, 0.25) is 0 Å². The molecule has 0 aromatic heterocycles. The lowest BCUT2D eigenvalue weighted by Gasteiger charge is -2.21. The number of hydrogen-bond acceptors (Lipinski definition) is 3. The normalized spacial score (nSPS) is 26.8. The van der Waals surface area contributed by atoms with Crippen molar-refractivity contribution >= 4 is 5.91 Å². The molecule has 4 nitrogen and oxygen atoms in total. The molecule has 1 atom stereocenters. The monoisotopic (exact) mass is 226 g/mol. The van der Waals surface area contributed by atoms with Crippen LogP contribution in [0.3, 0.4) is 0 Å². The quantitative estimate of drug-likeness (QED) is 0.757. The van der Waals surface area contributed by atoms with Crippen LogP contribution in [-0.2, 0) is 9.53 Å². The van der Waals surface area contributed by atoms with Crippen molar-refractivity contribution in [1.29, 1.82) is 0 Å². The Balaban J connectivity index is 1.63. The van der Waals surface area contributed by atoms with Crippen LogP contribution in [0.25, 0.3) is 0 Å². The van der Waals surface area contributed by atoms with Crippen molar-refractivity contribution < 1.29 is 9.53 Å². The Kier molecular flexibility index (Phi) is 3.50. The average molecular weight is 226 g/mol. The molecule has 1 aliphatic carbocycles. The predicted molar refractivity (Wildman–Crippen MR) is 62.0 cm³/mol. The van der Waals surface area contributed by atoms with E-state index in [2.05, 4.69) is 0 Å². The molecule has 2 rings (SSSR count). The van der Waals surface area contributed by atoms with E-state index < -0.39 is 5.54 Å². The molecule has 0 aromatic carbocycles. The zero-order chi connectivity index (χ0) is 11.6. The van der Waals surface area contributed by atoms with E-state index in [0.29, 0.717) is 6.10 Å². The Bertz CT molecular complexity index is 258. The summed E-state index contributed by atoms with van der Waals surface area (Å²) in [5.41, 5.74) is 5.35. The molecule has 0 spiro atoms. The lowest BCUT2D eigenvalue weighted by Crippen LogP contribution is -2.44. The van der Waals surface area contributed by atoms with E-state index in [-0.39, 0.29) is 5.91 Å². The van der Waals surface area contributed by atoms with E-state index in [0.717, 1.165) is 38.8 Å². The highest BCUT2D eigenvalue weighted by molar-refractivity contribution is 5.88. The van der Waals surface area contributed by atoms with Crippen LogP contribution in [-0.4, -0.2) is 42.6 Å². The molecule has 1 saturated heterocycles. The number of amides is 1. The van der Waals surface area contributed by atoms with Gasteiger partial charge >= 0.3 is 0 Å². The summed E-state index contributed by atoms with van der Waals surface area (Å²) in [7, 11) is 1.85. The molecule has 2 aliphatic rings. The van der Waals surface area contributed by atoms with Gasteiger partial charge in [0.2, 0.25) is 5.91 Å². The molecule has 4 heteroatoms. The second kappa shape index (κ2) is 4.72. The highest BCUT2D eigenvalue weighted by Crippen LogP contribution is 2.33. The molecule has 1 amide bonds. The van der Waals surface area contributed by atoms with Crippen molar-refractivity contribution in [1.82, 2.24) is 4.90 Å². The molecule has 0 bridgehead atoms. The van der Waals surface area contributed by atoms with Gasteiger partial charge in [0.15, 0.2) is 0 Å². The SMILES string of the molecule is CN(CCC[C@H]1CCCO1)C(=O)C1(N)CC1. The van der Waals surface area contributed by atoms with Gasteiger partial charge in [0.05, 0.1) is 11.6 Å². The Morgan fingerprint density at radius 2 is 2.31 bits per heavy atom. The van der Waals surface area contributed by atoms with Gasteiger partial charge in [-0.25, -0.2) is 0 Å². The first-order chi connectivity index (χ1) is 7.62. The van der Waals surface area contributed by atoms with Crippen molar-refractivity contribution in [2.45, 2.75) is 50.2 Å². The number of rotatable bonds is 5. The fourth-order valence-electron chi connectivity index (χ4n) is 2.26. The van der Waals surface area contributed by atoms with Crippen LogP contribution in [0.4, 0.5) is 0 Å². The van der Waals surface area contributed by atoms with Gasteiger partial charge in [-0.2, -0.15) is 0 Å². The summed E-state index contributed by atoms with van der Waals surface area (Å²) in [6.45, 7) is 1.71. The minimum Gasteiger partial charge on any atom is -0.378 e. The van der Waals surface area contributed by atoms with Crippen molar-refractivity contribution in [3.05, 3.63) is 0 Å². The summed E-state index contributed by atoms with van der Waals surface area (Å²) in [6.07, 6.45) is 6.57. The third-order valence-corrected chi connectivity index (χ3v) is 3.60. The minimum absolute atomic E-state index is 0.111. The first kappa shape index (κ1) is 11.9. The van der Waals surface area contributed by atoms with E-state index >= 15 is 0 Å². The Morgan fingerprint density at radius 3 is 2.88 bits per heavy atom. The number of likely N-dealkylation sites (N-methyl/N-ethyl adjacent to an activating group) is 1. The lowest BCUT2D eigenvalue weighted by atomic mass is 10.1. The Labute approximate surface area is 97.1 Å². The van der Waals surface area contributed by atoms with Crippen molar-refractivity contribution in [2.24, 2.45) is 5.73 Å². The summed E-state index contributed by atoms with van der Waals surface area (Å²) in [5.74, 6) is 0.111. The number of hydrogen-bond donors (Lipinski definition) is 1. The highest BCUT2D eigenvalue weighted by Gasteiger charge is 2.47. The molecule has 16 heavy (non-hydrogen) atoms. The van der Waals surface area contributed by atoms with E-state index in [1.807, 2.05) is 7.05 Å². The van der Waals surface area contributed by atoms with Crippen molar-refractivity contribution in [3.63, 3.8) is 0 Å². The van der Waals surface area contributed by atoms with Crippen molar-refractivity contribution in [3.8, 4) is 0 Å². The summed E-state index contributed by atoms with van der Waals surface area (Å²) >= 11 is 0. The number of nitrogens with zero attached hydrogens (tertiary/aromatic N) is 1. The maximum absolute atomic E-state index is 11.8. The fourth-order valence-corrected chi connectivity index (χ4v) is 2.26. The Morgan fingerprint density at radius 1 is 1.56 bits per heavy atom. The van der Waals surface area contributed by atoms with Gasteiger partial charge in [-0.05, 0) is 38.5 Å². The van der Waals surface area contributed by atoms with Gasteiger partial charge in [-0.1, -0.05) is 0 Å². The molecular formula is C12H22N2O2. The minimum atomic E-state index is -0.515. The molecule has 2 N–H and O–H groups in total. The summed E-state index contributed by atoms with van der Waals surface area (Å²) in [4.78, 5) is 13.6. The standard InChI is InChI=1S/C12H22N2O2/c1-14(11(15)12(13)6-7-12)8-2-4-10-5-3-9-16-10/h10H,2-9,13H2,1H3/t10-/m0/s1. The zero-order valence-corrected chi connectivity index (χ0v) is 10.1. The Hall–Kier alpha value is -0.610.